The van der Waals surface area contributed by atoms with Gasteiger partial charge in [-0.15, -0.1) is 0 Å². The SMILES string of the molecule is CC(C[NH+]1CCCCC1)OC(=O)c1ccccc1I. The lowest BCUT2D eigenvalue weighted by Crippen LogP contribution is -3.13. The van der Waals surface area contributed by atoms with Gasteiger partial charge in [-0.05, 0) is 60.9 Å². The highest BCUT2D eigenvalue weighted by Crippen LogP contribution is 2.13. The number of carbonyl (C=O) groups excluding carboxylic acids is 1. The van der Waals surface area contributed by atoms with Gasteiger partial charge in [0.2, 0.25) is 0 Å². The fourth-order valence-corrected chi connectivity index (χ4v) is 3.18. The van der Waals surface area contributed by atoms with Crippen LogP contribution in [0.5, 0.6) is 0 Å². The van der Waals surface area contributed by atoms with Crippen molar-refractivity contribution in [2.24, 2.45) is 0 Å². The molecule has 19 heavy (non-hydrogen) atoms. The van der Waals surface area contributed by atoms with Crippen molar-refractivity contribution < 1.29 is 14.4 Å². The zero-order valence-corrected chi connectivity index (χ0v) is 13.5. The molecule has 1 fully saturated rings. The van der Waals surface area contributed by atoms with Crippen molar-refractivity contribution in [1.29, 1.82) is 0 Å². The molecule has 0 aromatic heterocycles. The highest BCUT2D eigenvalue weighted by atomic mass is 127. The minimum atomic E-state index is -0.200. The maximum absolute atomic E-state index is 12.1. The lowest BCUT2D eigenvalue weighted by Gasteiger charge is -2.26. The van der Waals surface area contributed by atoms with Crippen LogP contribution in [-0.2, 0) is 4.74 Å². The summed E-state index contributed by atoms with van der Waals surface area (Å²) in [5, 5.41) is 0. The number of esters is 1. The molecule has 1 N–H and O–H groups in total. The molecule has 1 aliphatic heterocycles. The monoisotopic (exact) mass is 374 g/mol. The Hall–Kier alpha value is -0.620. The predicted molar refractivity (Wildman–Crippen MR) is 83.5 cm³/mol. The van der Waals surface area contributed by atoms with Crippen molar-refractivity contribution >= 4 is 28.6 Å². The normalized spacial score (nSPS) is 18.0. The fraction of sp³-hybridized carbons (Fsp3) is 0.533. The van der Waals surface area contributed by atoms with Crippen LogP contribution in [0.2, 0.25) is 0 Å². The molecule has 0 bridgehead atoms. The van der Waals surface area contributed by atoms with Crippen LogP contribution in [0.15, 0.2) is 24.3 Å². The Morgan fingerprint density at radius 3 is 2.68 bits per heavy atom. The number of rotatable bonds is 4. The molecule has 104 valence electrons. The van der Waals surface area contributed by atoms with Gasteiger partial charge in [0.1, 0.15) is 12.6 Å². The minimum absolute atomic E-state index is 0.0170. The summed E-state index contributed by atoms with van der Waals surface area (Å²) in [7, 11) is 0. The molecule has 1 heterocycles. The van der Waals surface area contributed by atoms with Crippen molar-refractivity contribution in [2.75, 3.05) is 19.6 Å². The van der Waals surface area contributed by atoms with E-state index in [1.54, 1.807) is 4.90 Å². The first-order valence-corrected chi connectivity index (χ1v) is 8.04. The van der Waals surface area contributed by atoms with Gasteiger partial charge in [0.25, 0.3) is 0 Å². The molecule has 4 heteroatoms. The van der Waals surface area contributed by atoms with Gasteiger partial charge in [-0.2, -0.15) is 0 Å². The van der Waals surface area contributed by atoms with E-state index in [1.165, 1.54) is 32.4 Å². The van der Waals surface area contributed by atoms with Crippen LogP contribution in [0, 0.1) is 3.57 Å². The molecule has 3 nitrogen and oxygen atoms in total. The van der Waals surface area contributed by atoms with Gasteiger partial charge in [-0.3, -0.25) is 0 Å². The van der Waals surface area contributed by atoms with Crippen LogP contribution < -0.4 is 4.90 Å². The Morgan fingerprint density at radius 2 is 2.00 bits per heavy atom. The topological polar surface area (TPSA) is 30.7 Å². The standard InChI is InChI=1S/C15H20INO2/c1-12(11-17-9-5-2-6-10-17)19-15(18)13-7-3-4-8-14(13)16/h3-4,7-8,12H,2,5-6,9-11H2,1H3/p+1. The number of quaternary nitrogens is 1. The predicted octanol–water partition coefficient (Wildman–Crippen LogP) is 1.91. The largest absolute Gasteiger partial charge is 0.453 e. The summed E-state index contributed by atoms with van der Waals surface area (Å²) in [6.45, 7) is 5.35. The number of ether oxygens (including phenoxy) is 1. The van der Waals surface area contributed by atoms with E-state index in [0.717, 1.165) is 10.1 Å². The molecule has 0 amide bonds. The average Bonchev–Trinajstić information content (AvgIpc) is 2.40. The second kappa shape index (κ2) is 7.24. The molecule has 0 saturated carbocycles. The van der Waals surface area contributed by atoms with E-state index < -0.39 is 0 Å². The quantitative estimate of drug-likeness (QED) is 0.645. The number of piperidine rings is 1. The van der Waals surface area contributed by atoms with Crippen molar-refractivity contribution in [3.63, 3.8) is 0 Å². The first-order chi connectivity index (χ1) is 9.16. The molecule has 1 saturated heterocycles. The highest BCUT2D eigenvalue weighted by molar-refractivity contribution is 14.1. The number of carbonyl (C=O) groups is 1. The summed E-state index contributed by atoms with van der Waals surface area (Å²) < 4.78 is 6.50. The van der Waals surface area contributed by atoms with Crippen molar-refractivity contribution in [1.82, 2.24) is 0 Å². The molecule has 1 aromatic rings. The summed E-state index contributed by atoms with van der Waals surface area (Å²) >= 11 is 2.17. The summed E-state index contributed by atoms with van der Waals surface area (Å²) in [5.74, 6) is -0.200. The van der Waals surface area contributed by atoms with Crippen molar-refractivity contribution in [3.05, 3.63) is 33.4 Å². The summed E-state index contributed by atoms with van der Waals surface area (Å²) in [6, 6.07) is 7.56. The van der Waals surface area contributed by atoms with Crippen molar-refractivity contribution in [2.45, 2.75) is 32.3 Å². The number of nitrogens with one attached hydrogen (secondary N) is 1. The number of hydrogen-bond donors (Lipinski definition) is 1. The smallest absolute Gasteiger partial charge is 0.339 e. The number of hydrogen-bond acceptors (Lipinski definition) is 2. The molecule has 0 aliphatic carbocycles. The molecule has 1 atom stereocenters. The van der Waals surface area contributed by atoms with Crippen LogP contribution in [0.4, 0.5) is 0 Å². The molecular formula is C15H21INO2+. The van der Waals surface area contributed by atoms with Gasteiger partial charge in [-0.1, -0.05) is 12.1 Å². The number of benzene rings is 1. The van der Waals surface area contributed by atoms with Crippen LogP contribution in [-0.4, -0.2) is 31.7 Å². The number of halogens is 1. The summed E-state index contributed by atoms with van der Waals surface area (Å²) in [6.07, 6.45) is 3.93. The van der Waals surface area contributed by atoms with E-state index >= 15 is 0 Å². The molecule has 0 spiro atoms. The second-order valence-electron chi connectivity index (χ2n) is 5.21. The Bertz CT molecular complexity index is 430. The van der Waals surface area contributed by atoms with Crippen LogP contribution in [0.25, 0.3) is 0 Å². The van der Waals surface area contributed by atoms with E-state index in [2.05, 4.69) is 22.6 Å². The Kier molecular flexibility index (Phi) is 5.63. The maximum Gasteiger partial charge on any atom is 0.339 e. The molecular weight excluding hydrogens is 353 g/mol. The Labute approximate surface area is 128 Å². The van der Waals surface area contributed by atoms with Gasteiger partial charge >= 0.3 is 5.97 Å². The number of likely N-dealkylation sites (tertiary alicyclic amines) is 1. The van der Waals surface area contributed by atoms with Gasteiger partial charge in [0.15, 0.2) is 0 Å². The van der Waals surface area contributed by atoms with E-state index in [9.17, 15) is 4.79 Å². The first-order valence-electron chi connectivity index (χ1n) is 6.96. The zero-order chi connectivity index (χ0) is 13.7. The Balaban J connectivity index is 1.86. The molecule has 1 aromatic carbocycles. The molecule has 1 aliphatic rings. The maximum atomic E-state index is 12.1. The van der Waals surface area contributed by atoms with E-state index in [0.29, 0.717) is 5.56 Å². The summed E-state index contributed by atoms with van der Waals surface area (Å²) in [4.78, 5) is 13.6. The van der Waals surface area contributed by atoms with E-state index in [-0.39, 0.29) is 12.1 Å². The highest BCUT2D eigenvalue weighted by Gasteiger charge is 2.20. The van der Waals surface area contributed by atoms with Crippen molar-refractivity contribution in [3.8, 4) is 0 Å². The molecule has 0 radical (unpaired) electrons. The third-order valence-electron chi connectivity index (χ3n) is 3.54. The first kappa shape index (κ1) is 14.8. The second-order valence-corrected chi connectivity index (χ2v) is 6.37. The molecule has 2 rings (SSSR count). The fourth-order valence-electron chi connectivity index (χ4n) is 2.58. The van der Waals surface area contributed by atoms with Crippen LogP contribution in [0.1, 0.15) is 36.5 Å². The van der Waals surface area contributed by atoms with Crippen LogP contribution in [0.3, 0.4) is 0 Å². The van der Waals surface area contributed by atoms with Gasteiger partial charge in [0, 0.05) is 3.57 Å². The zero-order valence-electron chi connectivity index (χ0n) is 11.3. The van der Waals surface area contributed by atoms with Gasteiger partial charge < -0.3 is 9.64 Å². The van der Waals surface area contributed by atoms with Crippen LogP contribution >= 0.6 is 22.6 Å². The molecule has 1 unspecified atom stereocenters. The average molecular weight is 374 g/mol. The van der Waals surface area contributed by atoms with E-state index in [1.807, 2.05) is 31.2 Å². The lowest BCUT2D eigenvalue weighted by molar-refractivity contribution is -0.907. The Morgan fingerprint density at radius 1 is 1.32 bits per heavy atom. The van der Waals surface area contributed by atoms with E-state index in [4.69, 9.17) is 4.74 Å². The third kappa shape index (κ3) is 4.45. The van der Waals surface area contributed by atoms with Gasteiger partial charge in [-0.25, -0.2) is 4.79 Å². The third-order valence-corrected chi connectivity index (χ3v) is 4.48. The summed E-state index contributed by atoms with van der Waals surface area (Å²) in [5.41, 5.74) is 0.670. The minimum Gasteiger partial charge on any atom is -0.453 e. The van der Waals surface area contributed by atoms with Gasteiger partial charge in [0.05, 0.1) is 18.7 Å². The lowest BCUT2D eigenvalue weighted by atomic mass is 10.1.